The Morgan fingerprint density at radius 3 is 2.12 bits per heavy atom. The van der Waals surface area contributed by atoms with Crippen molar-refractivity contribution in [3.63, 3.8) is 0 Å². The molecule has 0 aliphatic carbocycles. The zero-order valence-electron chi connectivity index (χ0n) is 13.9. The van der Waals surface area contributed by atoms with Gasteiger partial charge in [-0.05, 0) is 36.8 Å². The molecular formula is C19H15N3O3S. The molecule has 6 nitrogen and oxygen atoms in total. The van der Waals surface area contributed by atoms with Crippen molar-refractivity contribution in [1.82, 2.24) is 15.0 Å². The zero-order valence-corrected chi connectivity index (χ0v) is 14.7. The summed E-state index contributed by atoms with van der Waals surface area (Å²) in [6, 6.07) is 19.4. The van der Waals surface area contributed by atoms with Crippen LogP contribution in [-0.2, 0) is 10.1 Å². The smallest absolute Gasteiger partial charge is 0.282 e. The molecule has 0 aliphatic rings. The molecule has 26 heavy (non-hydrogen) atoms. The Balaban J connectivity index is 2.01. The minimum Gasteiger partial charge on any atom is -0.282 e. The van der Waals surface area contributed by atoms with Gasteiger partial charge in [-0.3, -0.25) is 4.55 Å². The van der Waals surface area contributed by atoms with Crippen LogP contribution in [0.5, 0.6) is 0 Å². The summed E-state index contributed by atoms with van der Waals surface area (Å²) in [6.07, 6.45) is 0. The summed E-state index contributed by atoms with van der Waals surface area (Å²) in [5.41, 5.74) is 4.10. The van der Waals surface area contributed by atoms with E-state index in [1.807, 2.05) is 49.4 Å². The van der Waals surface area contributed by atoms with E-state index in [0.29, 0.717) is 16.8 Å². The lowest BCUT2D eigenvalue weighted by molar-refractivity contribution is 0.483. The first-order chi connectivity index (χ1) is 12.4. The van der Waals surface area contributed by atoms with Crippen LogP contribution < -0.4 is 0 Å². The number of nitrogens with zero attached hydrogens (tertiary/aromatic N) is 3. The minimum atomic E-state index is -4.37. The molecular weight excluding hydrogens is 350 g/mol. The Morgan fingerprint density at radius 2 is 1.46 bits per heavy atom. The van der Waals surface area contributed by atoms with Crippen molar-refractivity contribution < 1.29 is 13.0 Å². The Kier molecular flexibility index (Phi) is 3.82. The second kappa shape index (κ2) is 6.05. The lowest BCUT2D eigenvalue weighted by Crippen LogP contribution is -2.05. The second-order valence-electron chi connectivity index (χ2n) is 5.97. The quantitative estimate of drug-likeness (QED) is 0.560. The maximum Gasteiger partial charge on any atom is 0.295 e. The monoisotopic (exact) mass is 365 g/mol. The van der Waals surface area contributed by atoms with Gasteiger partial charge < -0.3 is 0 Å². The van der Waals surface area contributed by atoms with E-state index < -0.39 is 10.1 Å². The Bertz CT molecular complexity index is 1200. The zero-order chi connectivity index (χ0) is 18.3. The molecule has 0 unspecified atom stereocenters. The van der Waals surface area contributed by atoms with Gasteiger partial charge >= 0.3 is 0 Å². The van der Waals surface area contributed by atoms with Crippen molar-refractivity contribution in [1.29, 1.82) is 0 Å². The van der Waals surface area contributed by atoms with E-state index in [4.69, 9.17) is 0 Å². The van der Waals surface area contributed by atoms with E-state index in [0.717, 1.165) is 16.6 Å². The summed E-state index contributed by atoms with van der Waals surface area (Å²) in [5, 5.41) is 8.99. The summed E-state index contributed by atoms with van der Waals surface area (Å²) in [6.45, 7) is 1.94. The number of fused-ring (bicyclic) bond motifs is 1. The molecule has 1 heterocycles. The molecule has 0 bridgehead atoms. The van der Waals surface area contributed by atoms with Gasteiger partial charge in [0.2, 0.25) is 0 Å². The van der Waals surface area contributed by atoms with Crippen LogP contribution in [0.25, 0.3) is 27.8 Å². The highest BCUT2D eigenvalue weighted by Crippen LogP contribution is 2.32. The lowest BCUT2D eigenvalue weighted by atomic mass is 10.0. The molecule has 0 amide bonds. The lowest BCUT2D eigenvalue weighted by Gasteiger charge is -2.12. The molecule has 4 rings (SSSR count). The van der Waals surface area contributed by atoms with Crippen molar-refractivity contribution in [2.75, 3.05) is 0 Å². The van der Waals surface area contributed by atoms with Gasteiger partial charge in [-0.15, -0.1) is 15.0 Å². The van der Waals surface area contributed by atoms with Crippen molar-refractivity contribution in [2.45, 2.75) is 11.8 Å². The molecule has 0 aliphatic heterocycles. The predicted octanol–water partition coefficient (Wildman–Crippen LogP) is 3.64. The van der Waals surface area contributed by atoms with E-state index in [1.165, 1.54) is 10.9 Å². The van der Waals surface area contributed by atoms with Crippen LogP contribution in [0.2, 0.25) is 0 Å². The van der Waals surface area contributed by atoms with Crippen molar-refractivity contribution in [2.24, 2.45) is 0 Å². The molecule has 0 spiro atoms. The summed E-state index contributed by atoms with van der Waals surface area (Å²) in [7, 11) is -4.37. The van der Waals surface area contributed by atoms with E-state index in [-0.39, 0.29) is 4.90 Å². The van der Waals surface area contributed by atoms with Gasteiger partial charge in [-0.2, -0.15) is 8.42 Å². The van der Waals surface area contributed by atoms with Crippen LogP contribution in [0, 0.1) is 6.92 Å². The average Bonchev–Trinajstić information content (AvgIpc) is 3.05. The fourth-order valence-corrected chi connectivity index (χ4v) is 3.62. The molecule has 130 valence electrons. The summed E-state index contributed by atoms with van der Waals surface area (Å²) >= 11 is 0. The molecule has 0 saturated heterocycles. The van der Waals surface area contributed by atoms with Gasteiger partial charge in [-0.1, -0.05) is 42.5 Å². The standard InChI is InChI=1S/C19H15N3O3S/c1-13-10-11-14(15-6-2-5-9-19(15)26(23,24)25)18(12-13)22-20-16-7-3-4-8-17(16)21-22/h2-12H,1H3,(H,23,24,25). The summed E-state index contributed by atoms with van der Waals surface area (Å²) < 4.78 is 33.2. The number of aryl methyl sites for hydroxylation is 1. The fourth-order valence-electron chi connectivity index (χ4n) is 2.92. The third-order valence-electron chi connectivity index (χ3n) is 4.11. The van der Waals surface area contributed by atoms with Gasteiger partial charge in [0.15, 0.2) is 0 Å². The maximum absolute atomic E-state index is 11.8. The first-order valence-corrected chi connectivity index (χ1v) is 9.37. The number of aromatic nitrogens is 3. The molecule has 4 aromatic rings. The van der Waals surface area contributed by atoms with E-state index in [9.17, 15) is 13.0 Å². The fraction of sp³-hybridized carbons (Fsp3) is 0.0526. The normalized spacial score (nSPS) is 11.8. The third kappa shape index (κ3) is 2.87. The first-order valence-electron chi connectivity index (χ1n) is 7.93. The van der Waals surface area contributed by atoms with E-state index >= 15 is 0 Å². The molecule has 1 N–H and O–H groups in total. The molecule has 0 atom stereocenters. The predicted molar refractivity (Wildman–Crippen MR) is 98.9 cm³/mol. The highest BCUT2D eigenvalue weighted by atomic mass is 32.2. The van der Waals surface area contributed by atoms with Gasteiger partial charge in [0, 0.05) is 11.1 Å². The summed E-state index contributed by atoms with van der Waals surface area (Å²) in [4.78, 5) is 1.34. The largest absolute Gasteiger partial charge is 0.295 e. The maximum atomic E-state index is 11.8. The van der Waals surface area contributed by atoms with E-state index in [2.05, 4.69) is 10.2 Å². The Hall–Kier alpha value is -3.03. The first kappa shape index (κ1) is 16.4. The second-order valence-corrected chi connectivity index (χ2v) is 7.36. The molecule has 1 aromatic heterocycles. The third-order valence-corrected chi connectivity index (χ3v) is 5.02. The van der Waals surface area contributed by atoms with Gasteiger partial charge in [0.05, 0.1) is 5.69 Å². The SMILES string of the molecule is Cc1ccc(-c2ccccc2S(=O)(=O)O)c(-n2nc3ccccc3n2)c1. The van der Waals surface area contributed by atoms with Gasteiger partial charge in [-0.25, -0.2) is 0 Å². The summed E-state index contributed by atoms with van der Waals surface area (Å²) in [5.74, 6) is 0. The van der Waals surface area contributed by atoms with Crippen molar-refractivity contribution >= 4 is 21.2 Å². The number of benzene rings is 3. The van der Waals surface area contributed by atoms with Crippen molar-refractivity contribution in [3.8, 4) is 16.8 Å². The van der Waals surface area contributed by atoms with Crippen LogP contribution in [0.3, 0.4) is 0 Å². The van der Waals surface area contributed by atoms with E-state index in [1.54, 1.807) is 18.2 Å². The Morgan fingerprint density at radius 1 is 0.846 bits per heavy atom. The van der Waals surface area contributed by atoms with Crippen LogP contribution in [0.1, 0.15) is 5.56 Å². The minimum absolute atomic E-state index is 0.151. The van der Waals surface area contributed by atoms with Crippen LogP contribution >= 0.6 is 0 Å². The molecule has 0 radical (unpaired) electrons. The Labute approximate surface area is 150 Å². The van der Waals surface area contributed by atoms with Crippen molar-refractivity contribution in [3.05, 3.63) is 72.3 Å². The number of rotatable bonds is 3. The number of hydrogen-bond donors (Lipinski definition) is 1. The van der Waals surface area contributed by atoms with Crippen LogP contribution in [0.15, 0.2) is 71.6 Å². The van der Waals surface area contributed by atoms with Crippen LogP contribution in [0.4, 0.5) is 0 Å². The highest BCUT2D eigenvalue weighted by molar-refractivity contribution is 7.86. The topological polar surface area (TPSA) is 85.1 Å². The highest BCUT2D eigenvalue weighted by Gasteiger charge is 2.19. The van der Waals surface area contributed by atoms with Gasteiger partial charge in [0.1, 0.15) is 15.9 Å². The number of hydrogen-bond acceptors (Lipinski definition) is 4. The molecule has 0 saturated carbocycles. The van der Waals surface area contributed by atoms with Crippen LogP contribution in [-0.4, -0.2) is 28.0 Å². The molecule has 0 fully saturated rings. The molecule has 3 aromatic carbocycles. The van der Waals surface area contributed by atoms with Gasteiger partial charge in [0.25, 0.3) is 10.1 Å². The molecule has 7 heteroatoms. The average molecular weight is 365 g/mol.